The van der Waals surface area contributed by atoms with E-state index in [-0.39, 0.29) is 6.54 Å². The Balaban J connectivity index is 2.74. The van der Waals surface area contributed by atoms with E-state index in [0.717, 1.165) is 0 Å². The van der Waals surface area contributed by atoms with E-state index in [1.165, 1.54) is 20.3 Å². The summed E-state index contributed by atoms with van der Waals surface area (Å²) in [7, 11) is 3.00. The Bertz CT molecular complexity index is 486. The van der Waals surface area contributed by atoms with Crippen LogP contribution >= 0.6 is 0 Å². The zero-order chi connectivity index (χ0) is 14.3. The lowest BCUT2D eigenvalue weighted by atomic mass is 10.2. The minimum Gasteiger partial charge on any atom is -0.493 e. The van der Waals surface area contributed by atoms with Gasteiger partial charge in [0.1, 0.15) is 0 Å². The maximum atomic E-state index is 11.5. The van der Waals surface area contributed by atoms with Crippen LogP contribution < -0.4 is 20.1 Å². The summed E-state index contributed by atoms with van der Waals surface area (Å²) in [5, 5.41) is 4.83. The van der Waals surface area contributed by atoms with Crippen LogP contribution in [0.25, 0.3) is 0 Å². The number of benzene rings is 1. The summed E-state index contributed by atoms with van der Waals surface area (Å²) in [6.07, 6.45) is 1.49. The number of anilines is 1. The SMILES string of the molecule is C=CCNC(=O)C(=O)Nc1ccc(OC)c(OC)c1. The Labute approximate surface area is 111 Å². The zero-order valence-corrected chi connectivity index (χ0v) is 10.9. The van der Waals surface area contributed by atoms with E-state index in [4.69, 9.17) is 9.47 Å². The highest BCUT2D eigenvalue weighted by Gasteiger charge is 2.13. The predicted octanol–water partition coefficient (Wildman–Crippen LogP) is 0.944. The number of rotatable bonds is 5. The first-order chi connectivity index (χ1) is 9.12. The number of carbonyl (C=O) groups excluding carboxylic acids is 2. The van der Waals surface area contributed by atoms with Gasteiger partial charge in [-0.25, -0.2) is 0 Å². The normalized spacial score (nSPS) is 9.37. The fourth-order valence-electron chi connectivity index (χ4n) is 1.35. The van der Waals surface area contributed by atoms with Crippen molar-refractivity contribution in [2.75, 3.05) is 26.1 Å². The average molecular weight is 264 g/mol. The van der Waals surface area contributed by atoms with Gasteiger partial charge in [-0.15, -0.1) is 6.58 Å². The zero-order valence-electron chi connectivity index (χ0n) is 10.9. The summed E-state index contributed by atoms with van der Waals surface area (Å²) in [4.78, 5) is 22.9. The largest absolute Gasteiger partial charge is 0.493 e. The maximum Gasteiger partial charge on any atom is 0.313 e. The molecule has 0 aromatic heterocycles. The van der Waals surface area contributed by atoms with Crippen LogP contribution in [0.3, 0.4) is 0 Å². The number of nitrogens with one attached hydrogen (secondary N) is 2. The van der Waals surface area contributed by atoms with Gasteiger partial charge in [0.05, 0.1) is 14.2 Å². The van der Waals surface area contributed by atoms with Crippen LogP contribution in [0.4, 0.5) is 5.69 Å². The number of amides is 2. The molecule has 6 nitrogen and oxygen atoms in total. The highest BCUT2D eigenvalue weighted by molar-refractivity contribution is 6.39. The lowest BCUT2D eigenvalue weighted by molar-refractivity contribution is -0.136. The number of carbonyl (C=O) groups is 2. The van der Waals surface area contributed by atoms with E-state index < -0.39 is 11.8 Å². The third-order valence-electron chi connectivity index (χ3n) is 2.25. The van der Waals surface area contributed by atoms with Gasteiger partial charge in [-0.05, 0) is 12.1 Å². The molecule has 0 fully saturated rings. The molecule has 0 saturated heterocycles. The molecule has 0 radical (unpaired) electrons. The number of methoxy groups -OCH3 is 2. The molecule has 0 heterocycles. The monoisotopic (exact) mass is 264 g/mol. The summed E-state index contributed by atoms with van der Waals surface area (Å²) < 4.78 is 10.2. The van der Waals surface area contributed by atoms with E-state index in [1.807, 2.05) is 0 Å². The average Bonchev–Trinajstić information content (AvgIpc) is 2.44. The molecule has 2 amide bonds. The van der Waals surface area contributed by atoms with Crippen molar-refractivity contribution >= 4 is 17.5 Å². The van der Waals surface area contributed by atoms with E-state index in [2.05, 4.69) is 17.2 Å². The minimum atomic E-state index is -0.755. The third-order valence-corrected chi connectivity index (χ3v) is 2.25. The number of ether oxygens (including phenoxy) is 2. The van der Waals surface area contributed by atoms with Gasteiger partial charge in [0.15, 0.2) is 11.5 Å². The summed E-state index contributed by atoms with van der Waals surface area (Å²) in [5.41, 5.74) is 0.441. The number of hydrogen-bond donors (Lipinski definition) is 2. The Morgan fingerprint density at radius 2 is 1.89 bits per heavy atom. The van der Waals surface area contributed by atoms with Crippen molar-refractivity contribution in [3.8, 4) is 11.5 Å². The topological polar surface area (TPSA) is 76.7 Å². The Kier molecular flexibility index (Phi) is 5.40. The predicted molar refractivity (Wildman–Crippen MR) is 71.4 cm³/mol. The van der Waals surface area contributed by atoms with Gasteiger partial charge in [0.25, 0.3) is 0 Å². The Hall–Kier alpha value is -2.50. The maximum absolute atomic E-state index is 11.5. The molecule has 0 aliphatic rings. The van der Waals surface area contributed by atoms with E-state index in [0.29, 0.717) is 17.2 Å². The van der Waals surface area contributed by atoms with Crippen molar-refractivity contribution in [2.24, 2.45) is 0 Å². The molecule has 6 heteroatoms. The molecule has 0 atom stereocenters. The van der Waals surface area contributed by atoms with Crippen molar-refractivity contribution < 1.29 is 19.1 Å². The van der Waals surface area contributed by atoms with Crippen molar-refractivity contribution in [3.05, 3.63) is 30.9 Å². The van der Waals surface area contributed by atoms with Crippen molar-refractivity contribution in [1.82, 2.24) is 5.32 Å². The lowest BCUT2D eigenvalue weighted by Gasteiger charge is -2.10. The van der Waals surface area contributed by atoms with Crippen LogP contribution in [0.5, 0.6) is 11.5 Å². The quantitative estimate of drug-likeness (QED) is 0.613. The second-order valence-corrected chi connectivity index (χ2v) is 3.52. The van der Waals surface area contributed by atoms with Crippen LogP contribution in [0.2, 0.25) is 0 Å². The van der Waals surface area contributed by atoms with E-state index in [1.54, 1.807) is 18.2 Å². The molecule has 1 aromatic carbocycles. The molecule has 0 aliphatic carbocycles. The van der Waals surface area contributed by atoms with Crippen LogP contribution in [0.15, 0.2) is 30.9 Å². The fourth-order valence-corrected chi connectivity index (χ4v) is 1.35. The van der Waals surface area contributed by atoms with Crippen molar-refractivity contribution in [3.63, 3.8) is 0 Å². The highest BCUT2D eigenvalue weighted by Crippen LogP contribution is 2.29. The molecule has 0 unspecified atom stereocenters. The summed E-state index contributed by atoms with van der Waals surface area (Å²) in [5.74, 6) is -0.479. The molecule has 0 spiro atoms. The second kappa shape index (κ2) is 7.05. The summed E-state index contributed by atoms with van der Waals surface area (Å²) in [6.45, 7) is 3.68. The summed E-state index contributed by atoms with van der Waals surface area (Å²) >= 11 is 0. The Morgan fingerprint density at radius 1 is 1.21 bits per heavy atom. The molecule has 0 aliphatic heterocycles. The van der Waals surface area contributed by atoms with Gasteiger partial charge < -0.3 is 20.1 Å². The van der Waals surface area contributed by atoms with Gasteiger partial charge in [0.2, 0.25) is 0 Å². The molecular weight excluding hydrogens is 248 g/mol. The van der Waals surface area contributed by atoms with Crippen LogP contribution in [0, 0.1) is 0 Å². The molecule has 102 valence electrons. The molecule has 2 N–H and O–H groups in total. The van der Waals surface area contributed by atoms with Crippen LogP contribution in [-0.4, -0.2) is 32.6 Å². The first-order valence-electron chi connectivity index (χ1n) is 5.54. The fraction of sp³-hybridized carbons (Fsp3) is 0.231. The van der Waals surface area contributed by atoms with Crippen molar-refractivity contribution in [1.29, 1.82) is 0 Å². The van der Waals surface area contributed by atoms with Crippen LogP contribution in [-0.2, 0) is 9.59 Å². The first-order valence-corrected chi connectivity index (χ1v) is 5.54. The smallest absolute Gasteiger partial charge is 0.313 e. The molecule has 1 rings (SSSR count). The van der Waals surface area contributed by atoms with Gasteiger partial charge in [-0.1, -0.05) is 6.08 Å². The number of hydrogen-bond acceptors (Lipinski definition) is 4. The van der Waals surface area contributed by atoms with Gasteiger partial charge in [-0.2, -0.15) is 0 Å². The Morgan fingerprint density at radius 3 is 2.47 bits per heavy atom. The van der Waals surface area contributed by atoms with E-state index >= 15 is 0 Å². The van der Waals surface area contributed by atoms with Crippen LogP contribution in [0.1, 0.15) is 0 Å². The molecular formula is C13H16N2O4. The minimum absolute atomic E-state index is 0.234. The summed E-state index contributed by atoms with van der Waals surface area (Å²) in [6, 6.07) is 4.81. The standard InChI is InChI=1S/C13H16N2O4/c1-4-7-14-12(16)13(17)15-9-5-6-10(18-2)11(8-9)19-3/h4-6,8H,1,7H2,2-3H3,(H,14,16)(H,15,17). The molecule has 0 saturated carbocycles. The lowest BCUT2D eigenvalue weighted by Crippen LogP contribution is -2.35. The third kappa shape index (κ3) is 4.02. The first kappa shape index (κ1) is 14.6. The molecule has 1 aromatic rings. The van der Waals surface area contributed by atoms with Gasteiger partial charge >= 0.3 is 11.8 Å². The van der Waals surface area contributed by atoms with Gasteiger partial charge in [-0.3, -0.25) is 9.59 Å². The second-order valence-electron chi connectivity index (χ2n) is 3.52. The van der Waals surface area contributed by atoms with E-state index in [9.17, 15) is 9.59 Å². The molecule has 19 heavy (non-hydrogen) atoms. The highest BCUT2D eigenvalue weighted by atomic mass is 16.5. The molecule has 0 bridgehead atoms. The van der Waals surface area contributed by atoms with Gasteiger partial charge in [0, 0.05) is 18.3 Å². The van der Waals surface area contributed by atoms with Crippen molar-refractivity contribution in [2.45, 2.75) is 0 Å².